The van der Waals surface area contributed by atoms with Crippen LogP contribution in [-0.2, 0) is 11.3 Å². The smallest absolute Gasteiger partial charge is 0.261 e. The molecule has 5 nitrogen and oxygen atoms in total. The van der Waals surface area contributed by atoms with Crippen molar-refractivity contribution >= 4 is 5.91 Å². The molecule has 0 aliphatic heterocycles. The quantitative estimate of drug-likeness (QED) is 0.680. The van der Waals surface area contributed by atoms with Gasteiger partial charge in [0.2, 0.25) is 0 Å². The van der Waals surface area contributed by atoms with Crippen LogP contribution in [-0.4, -0.2) is 25.2 Å². The maximum absolute atomic E-state index is 12.5. The molecular weight excluding hydrogens is 354 g/mol. The number of benzene rings is 2. The van der Waals surface area contributed by atoms with Crippen LogP contribution in [0.25, 0.3) is 0 Å². The Bertz CT molecular complexity index is 786. The summed E-state index contributed by atoms with van der Waals surface area (Å²) in [7, 11) is 1.60. The Kier molecular flexibility index (Phi) is 7.73. The van der Waals surface area contributed by atoms with Crippen molar-refractivity contribution in [1.29, 1.82) is 0 Å². The van der Waals surface area contributed by atoms with Crippen molar-refractivity contribution in [2.45, 2.75) is 59.3 Å². The molecule has 28 heavy (non-hydrogen) atoms. The molecule has 0 spiro atoms. The van der Waals surface area contributed by atoms with Crippen molar-refractivity contribution in [3.8, 4) is 17.2 Å². The van der Waals surface area contributed by atoms with E-state index >= 15 is 0 Å². The summed E-state index contributed by atoms with van der Waals surface area (Å²) in [6.07, 6.45) is -0.531. The molecule has 1 amide bonds. The Hall–Kier alpha value is -2.69. The molecule has 152 valence electrons. The third-order valence-corrected chi connectivity index (χ3v) is 4.27. The van der Waals surface area contributed by atoms with E-state index in [-0.39, 0.29) is 12.0 Å². The monoisotopic (exact) mass is 385 g/mol. The van der Waals surface area contributed by atoms with E-state index < -0.39 is 6.10 Å². The van der Waals surface area contributed by atoms with Crippen molar-refractivity contribution in [2.24, 2.45) is 0 Å². The molecule has 0 aliphatic rings. The fraction of sp³-hybridized carbons (Fsp3) is 0.435. The number of para-hydroxylation sites is 1. The summed E-state index contributed by atoms with van der Waals surface area (Å²) in [6, 6.07) is 13.5. The highest BCUT2D eigenvalue weighted by Gasteiger charge is 2.17. The van der Waals surface area contributed by atoms with Crippen molar-refractivity contribution in [3.63, 3.8) is 0 Å². The highest BCUT2D eigenvalue weighted by Crippen LogP contribution is 2.29. The average molecular weight is 386 g/mol. The lowest BCUT2D eigenvalue weighted by molar-refractivity contribution is -0.127. The summed E-state index contributed by atoms with van der Waals surface area (Å²) in [5.41, 5.74) is 2.02. The van der Waals surface area contributed by atoms with E-state index in [9.17, 15) is 4.79 Å². The molecule has 0 heterocycles. The Morgan fingerprint density at radius 2 is 1.64 bits per heavy atom. The van der Waals surface area contributed by atoms with Crippen molar-refractivity contribution < 1.29 is 19.0 Å². The number of hydrogen-bond acceptors (Lipinski definition) is 4. The topological polar surface area (TPSA) is 56.8 Å². The number of nitrogens with one attached hydrogen (secondary N) is 1. The Balaban J connectivity index is 1.98. The van der Waals surface area contributed by atoms with Gasteiger partial charge in [-0.15, -0.1) is 0 Å². The molecule has 0 aliphatic carbocycles. The Morgan fingerprint density at radius 1 is 0.929 bits per heavy atom. The molecule has 0 bridgehead atoms. The third-order valence-electron chi connectivity index (χ3n) is 4.27. The minimum Gasteiger partial charge on any atom is -0.493 e. The first kappa shape index (κ1) is 21.6. The third kappa shape index (κ3) is 5.91. The summed E-state index contributed by atoms with van der Waals surface area (Å²) in [5.74, 6) is 2.24. The van der Waals surface area contributed by atoms with E-state index in [1.54, 1.807) is 14.0 Å². The maximum atomic E-state index is 12.5. The zero-order valence-electron chi connectivity index (χ0n) is 17.6. The number of rotatable bonds is 9. The van der Waals surface area contributed by atoms with Gasteiger partial charge in [-0.1, -0.05) is 38.1 Å². The summed E-state index contributed by atoms with van der Waals surface area (Å²) in [6.45, 7) is 10.3. The van der Waals surface area contributed by atoms with Gasteiger partial charge in [-0.25, -0.2) is 0 Å². The van der Waals surface area contributed by atoms with Crippen molar-refractivity contribution in [1.82, 2.24) is 5.32 Å². The molecule has 0 saturated heterocycles. The highest BCUT2D eigenvalue weighted by molar-refractivity contribution is 5.80. The number of methoxy groups -OCH3 is 1. The van der Waals surface area contributed by atoms with E-state index in [0.717, 1.165) is 16.9 Å². The van der Waals surface area contributed by atoms with Crippen LogP contribution in [0.5, 0.6) is 17.2 Å². The lowest BCUT2D eigenvalue weighted by Crippen LogP contribution is -2.36. The molecule has 1 N–H and O–H groups in total. The van der Waals surface area contributed by atoms with Gasteiger partial charge in [0.15, 0.2) is 17.6 Å². The standard InChI is InChI=1S/C23H31NO4/c1-15(2)19-9-7-8-10-20(19)28-17(5)23(25)24-14-18-11-12-21(27-16(3)4)22(13-18)26-6/h7-13,15-17H,14H2,1-6H3,(H,24,25). The summed E-state index contributed by atoms with van der Waals surface area (Å²) in [4.78, 5) is 12.5. The van der Waals surface area contributed by atoms with Crippen LogP contribution in [0.1, 0.15) is 51.7 Å². The predicted molar refractivity (Wildman–Crippen MR) is 111 cm³/mol. The maximum Gasteiger partial charge on any atom is 0.261 e. The molecule has 5 heteroatoms. The van der Waals surface area contributed by atoms with Gasteiger partial charge in [0.1, 0.15) is 5.75 Å². The number of carbonyl (C=O) groups excluding carboxylic acids is 1. The molecule has 1 unspecified atom stereocenters. The number of ether oxygens (including phenoxy) is 3. The largest absolute Gasteiger partial charge is 0.493 e. The second-order valence-electron chi connectivity index (χ2n) is 7.32. The molecule has 2 aromatic carbocycles. The minimum atomic E-state index is -0.592. The predicted octanol–water partition coefficient (Wildman–Crippen LogP) is 4.69. The second-order valence-corrected chi connectivity index (χ2v) is 7.32. The lowest BCUT2D eigenvalue weighted by Gasteiger charge is -2.19. The van der Waals surface area contributed by atoms with Crippen LogP contribution in [0, 0.1) is 0 Å². The normalized spacial score (nSPS) is 12.0. The fourth-order valence-corrected chi connectivity index (χ4v) is 2.81. The van der Waals surface area contributed by atoms with Crippen LogP contribution in [0.15, 0.2) is 42.5 Å². The number of amides is 1. The summed E-state index contributed by atoms with van der Waals surface area (Å²) >= 11 is 0. The SMILES string of the molecule is COc1cc(CNC(=O)C(C)Oc2ccccc2C(C)C)ccc1OC(C)C. The second kappa shape index (κ2) is 10.0. The van der Waals surface area contributed by atoms with Crippen LogP contribution in [0.4, 0.5) is 0 Å². The van der Waals surface area contributed by atoms with Gasteiger partial charge in [-0.3, -0.25) is 4.79 Å². The van der Waals surface area contributed by atoms with Crippen LogP contribution in [0.3, 0.4) is 0 Å². The lowest BCUT2D eigenvalue weighted by atomic mass is 10.0. The van der Waals surface area contributed by atoms with Crippen LogP contribution >= 0.6 is 0 Å². The zero-order valence-corrected chi connectivity index (χ0v) is 17.6. The van der Waals surface area contributed by atoms with Crippen LogP contribution in [0.2, 0.25) is 0 Å². The molecule has 2 rings (SSSR count). The fourth-order valence-electron chi connectivity index (χ4n) is 2.81. The highest BCUT2D eigenvalue weighted by atomic mass is 16.5. The molecule has 0 saturated carbocycles. The van der Waals surface area contributed by atoms with E-state index in [1.165, 1.54) is 0 Å². The molecular formula is C23H31NO4. The van der Waals surface area contributed by atoms with Crippen molar-refractivity contribution in [3.05, 3.63) is 53.6 Å². The van der Waals surface area contributed by atoms with Gasteiger partial charge in [-0.2, -0.15) is 0 Å². The Morgan fingerprint density at radius 3 is 2.29 bits per heavy atom. The summed E-state index contributed by atoms with van der Waals surface area (Å²) in [5, 5.41) is 2.92. The van der Waals surface area contributed by atoms with E-state index in [2.05, 4.69) is 19.2 Å². The van der Waals surface area contributed by atoms with Crippen molar-refractivity contribution in [2.75, 3.05) is 7.11 Å². The first-order chi connectivity index (χ1) is 13.3. The van der Waals surface area contributed by atoms with Gasteiger partial charge in [0, 0.05) is 6.54 Å². The molecule has 0 radical (unpaired) electrons. The summed E-state index contributed by atoms with van der Waals surface area (Å²) < 4.78 is 17.0. The number of hydrogen-bond donors (Lipinski definition) is 1. The number of carbonyl (C=O) groups is 1. The molecule has 0 aromatic heterocycles. The van der Waals surface area contributed by atoms with E-state index in [4.69, 9.17) is 14.2 Å². The van der Waals surface area contributed by atoms with E-state index in [0.29, 0.717) is 24.0 Å². The molecule has 0 fully saturated rings. The van der Waals surface area contributed by atoms with Gasteiger partial charge in [0.25, 0.3) is 5.91 Å². The van der Waals surface area contributed by atoms with Gasteiger partial charge in [-0.05, 0) is 56.0 Å². The minimum absolute atomic E-state index is 0.0613. The molecule has 2 aromatic rings. The Labute approximate surface area is 168 Å². The first-order valence-electron chi connectivity index (χ1n) is 9.68. The van der Waals surface area contributed by atoms with E-state index in [1.807, 2.05) is 56.3 Å². The van der Waals surface area contributed by atoms with Gasteiger partial charge in [0.05, 0.1) is 13.2 Å². The zero-order chi connectivity index (χ0) is 20.7. The van der Waals surface area contributed by atoms with Crippen LogP contribution < -0.4 is 19.5 Å². The average Bonchev–Trinajstić information content (AvgIpc) is 2.66. The van der Waals surface area contributed by atoms with Gasteiger partial charge >= 0.3 is 0 Å². The first-order valence-corrected chi connectivity index (χ1v) is 9.68. The van der Waals surface area contributed by atoms with Gasteiger partial charge < -0.3 is 19.5 Å². The molecule has 1 atom stereocenters.